The summed E-state index contributed by atoms with van der Waals surface area (Å²) < 4.78 is 14.1. The summed E-state index contributed by atoms with van der Waals surface area (Å²) in [5.41, 5.74) is 1.22. The molecule has 0 aliphatic heterocycles. The van der Waals surface area contributed by atoms with E-state index < -0.39 is 0 Å². The molecule has 0 aromatic heterocycles. The Morgan fingerprint density at radius 2 is 1.86 bits per heavy atom. The third-order valence-electron chi connectivity index (χ3n) is 3.17. The number of nitrogens with one attached hydrogen (secondary N) is 1. The van der Waals surface area contributed by atoms with Gasteiger partial charge in [-0.15, -0.1) is 0 Å². The van der Waals surface area contributed by atoms with Crippen LogP contribution in [-0.2, 0) is 11.3 Å². The van der Waals surface area contributed by atoms with Crippen molar-refractivity contribution in [3.8, 4) is 0 Å². The zero-order valence-electron chi connectivity index (χ0n) is 13.8. The van der Waals surface area contributed by atoms with Gasteiger partial charge in [-0.25, -0.2) is 4.39 Å². The summed E-state index contributed by atoms with van der Waals surface area (Å²) >= 11 is 0. The Balaban J connectivity index is 2.96. The van der Waals surface area contributed by atoms with Crippen LogP contribution in [-0.4, -0.2) is 44.0 Å². The minimum absolute atomic E-state index is 0.0171. The standard InChI is InChI=1S/C16H26FN3O/c1-16(2,3)18-10-12-13(17)8-7-9-14(12)20(6)11-15(21)19(4)5/h7-9,18H,10-11H2,1-6H3. The number of likely N-dealkylation sites (N-methyl/N-ethyl adjacent to an activating group) is 2. The number of nitrogens with zero attached hydrogens (tertiary/aromatic N) is 2. The lowest BCUT2D eigenvalue weighted by atomic mass is 10.1. The maximum Gasteiger partial charge on any atom is 0.241 e. The summed E-state index contributed by atoms with van der Waals surface area (Å²) in [6, 6.07) is 4.96. The van der Waals surface area contributed by atoms with E-state index in [9.17, 15) is 9.18 Å². The van der Waals surface area contributed by atoms with Crippen molar-refractivity contribution in [3.63, 3.8) is 0 Å². The van der Waals surface area contributed by atoms with Crippen LogP contribution in [0.15, 0.2) is 18.2 Å². The smallest absolute Gasteiger partial charge is 0.241 e. The van der Waals surface area contributed by atoms with E-state index in [1.165, 1.54) is 11.0 Å². The Bertz CT molecular complexity index is 495. The predicted molar refractivity (Wildman–Crippen MR) is 85.0 cm³/mol. The van der Waals surface area contributed by atoms with Crippen LogP contribution in [0.1, 0.15) is 26.3 Å². The molecule has 0 unspecified atom stereocenters. The second kappa shape index (κ2) is 6.89. The van der Waals surface area contributed by atoms with Crippen molar-refractivity contribution < 1.29 is 9.18 Å². The highest BCUT2D eigenvalue weighted by atomic mass is 19.1. The van der Waals surface area contributed by atoms with Crippen molar-refractivity contribution in [2.75, 3.05) is 32.6 Å². The highest BCUT2D eigenvalue weighted by Gasteiger charge is 2.17. The van der Waals surface area contributed by atoms with Crippen molar-refractivity contribution in [1.82, 2.24) is 10.2 Å². The lowest BCUT2D eigenvalue weighted by Gasteiger charge is -2.26. The zero-order chi connectivity index (χ0) is 16.2. The van der Waals surface area contributed by atoms with Crippen LogP contribution in [0.4, 0.5) is 10.1 Å². The SMILES string of the molecule is CN(C)C(=O)CN(C)c1cccc(F)c1CNC(C)(C)C. The number of halogens is 1. The molecule has 1 amide bonds. The van der Waals surface area contributed by atoms with Gasteiger partial charge in [0.2, 0.25) is 5.91 Å². The molecule has 0 saturated heterocycles. The van der Waals surface area contributed by atoms with E-state index in [1.54, 1.807) is 32.1 Å². The first-order chi connectivity index (χ1) is 9.61. The van der Waals surface area contributed by atoms with Crippen molar-refractivity contribution >= 4 is 11.6 Å². The lowest BCUT2D eigenvalue weighted by Crippen LogP contribution is -2.37. The van der Waals surface area contributed by atoms with Crippen molar-refractivity contribution in [2.45, 2.75) is 32.9 Å². The fourth-order valence-corrected chi connectivity index (χ4v) is 1.86. The molecule has 1 rings (SSSR count). The van der Waals surface area contributed by atoms with Gasteiger partial charge in [0.05, 0.1) is 6.54 Å². The van der Waals surface area contributed by atoms with Crippen LogP contribution in [0.3, 0.4) is 0 Å². The van der Waals surface area contributed by atoms with Crippen molar-refractivity contribution in [3.05, 3.63) is 29.6 Å². The van der Waals surface area contributed by atoms with Crippen molar-refractivity contribution in [2.24, 2.45) is 0 Å². The maximum atomic E-state index is 14.1. The Kier molecular flexibility index (Phi) is 5.72. The van der Waals surface area contributed by atoms with Gasteiger partial charge in [-0.05, 0) is 32.9 Å². The molecule has 0 saturated carbocycles. The molecule has 1 N–H and O–H groups in total. The molecule has 0 heterocycles. The molecule has 4 nitrogen and oxygen atoms in total. The summed E-state index contributed by atoms with van der Waals surface area (Å²) in [5, 5.41) is 3.29. The summed E-state index contributed by atoms with van der Waals surface area (Å²) in [6.07, 6.45) is 0. The van der Waals surface area contributed by atoms with Crippen LogP contribution in [0.2, 0.25) is 0 Å². The van der Waals surface area contributed by atoms with Gasteiger partial charge < -0.3 is 15.1 Å². The molecule has 0 atom stereocenters. The van der Waals surface area contributed by atoms with Crippen LogP contribution in [0.25, 0.3) is 0 Å². The summed E-state index contributed by atoms with van der Waals surface area (Å²) in [6.45, 7) is 6.75. The normalized spacial score (nSPS) is 11.4. The predicted octanol–water partition coefficient (Wildman–Crippen LogP) is 2.24. The molecule has 0 bridgehead atoms. The monoisotopic (exact) mass is 295 g/mol. The molecule has 1 aromatic rings. The van der Waals surface area contributed by atoms with E-state index in [-0.39, 0.29) is 23.8 Å². The van der Waals surface area contributed by atoms with Gasteiger partial charge in [0.15, 0.2) is 0 Å². The number of rotatable bonds is 5. The number of hydrogen-bond acceptors (Lipinski definition) is 3. The summed E-state index contributed by atoms with van der Waals surface area (Å²) in [4.78, 5) is 15.1. The zero-order valence-corrected chi connectivity index (χ0v) is 13.8. The molecule has 0 aliphatic rings. The van der Waals surface area contributed by atoms with E-state index in [2.05, 4.69) is 5.32 Å². The molecule has 0 fully saturated rings. The van der Waals surface area contributed by atoms with Crippen LogP contribution in [0.5, 0.6) is 0 Å². The van der Waals surface area contributed by atoms with Gasteiger partial charge in [0.25, 0.3) is 0 Å². The molecule has 0 radical (unpaired) electrons. The fraction of sp³-hybridized carbons (Fsp3) is 0.562. The number of benzene rings is 1. The molecular weight excluding hydrogens is 269 g/mol. The maximum absolute atomic E-state index is 14.1. The number of hydrogen-bond donors (Lipinski definition) is 1. The minimum atomic E-state index is -0.256. The second-order valence-electron chi connectivity index (χ2n) is 6.49. The van der Waals surface area contributed by atoms with E-state index in [0.29, 0.717) is 12.1 Å². The number of anilines is 1. The van der Waals surface area contributed by atoms with Crippen LogP contribution < -0.4 is 10.2 Å². The van der Waals surface area contributed by atoms with Gasteiger partial charge in [0.1, 0.15) is 5.82 Å². The van der Waals surface area contributed by atoms with Gasteiger partial charge in [-0.2, -0.15) is 0 Å². The van der Waals surface area contributed by atoms with E-state index >= 15 is 0 Å². The lowest BCUT2D eigenvalue weighted by molar-refractivity contribution is -0.127. The minimum Gasteiger partial charge on any atom is -0.365 e. The Hall–Kier alpha value is -1.62. The Labute approximate surface area is 126 Å². The van der Waals surface area contributed by atoms with E-state index in [0.717, 1.165) is 5.69 Å². The topological polar surface area (TPSA) is 35.6 Å². The average Bonchev–Trinajstić information content (AvgIpc) is 2.35. The summed E-state index contributed by atoms with van der Waals surface area (Å²) in [7, 11) is 5.23. The third-order valence-corrected chi connectivity index (χ3v) is 3.17. The highest BCUT2D eigenvalue weighted by Crippen LogP contribution is 2.23. The Morgan fingerprint density at radius 1 is 1.24 bits per heavy atom. The van der Waals surface area contributed by atoms with Gasteiger partial charge in [-0.3, -0.25) is 4.79 Å². The first kappa shape index (κ1) is 17.4. The highest BCUT2D eigenvalue weighted by molar-refractivity contribution is 5.81. The third kappa shape index (κ3) is 5.34. The molecule has 0 spiro atoms. The quantitative estimate of drug-likeness (QED) is 0.905. The molecule has 5 heteroatoms. The first-order valence-corrected chi connectivity index (χ1v) is 7.05. The van der Waals surface area contributed by atoms with Crippen LogP contribution in [0, 0.1) is 5.82 Å². The average molecular weight is 295 g/mol. The van der Waals surface area contributed by atoms with Crippen molar-refractivity contribution in [1.29, 1.82) is 0 Å². The first-order valence-electron chi connectivity index (χ1n) is 7.05. The molecule has 1 aromatic carbocycles. The molecule has 0 aliphatic carbocycles. The van der Waals surface area contributed by atoms with Gasteiger partial charge in [-0.1, -0.05) is 6.07 Å². The second-order valence-corrected chi connectivity index (χ2v) is 6.49. The van der Waals surface area contributed by atoms with Gasteiger partial charge >= 0.3 is 0 Å². The number of carbonyl (C=O) groups is 1. The number of carbonyl (C=O) groups excluding carboxylic acids is 1. The molecule has 118 valence electrons. The Morgan fingerprint density at radius 3 is 2.38 bits per heavy atom. The molecule has 21 heavy (non-hydrogen) atoms. The summed E-state index contributed by atoms with van der Waals surface area (Å²) in [5.74, 6) is -0.273. The largest absolute Gasteiger partial charge is 0.365 e. The molecular formula is C16H26FN3O. The fourth-order valence-electron chi connectivity index (χ4n) is 1.86. The van der Waals surface area contributed by atoms with E-state index in [4.69, 9.17) is 0 Å². The van der Waals surface area contributed by atoms with Gasteiger partial charge in [0, 0.05) is 44.5 Å². The van der Waals surface area contributed by atoms with E-state index in [1.807, 2.05) is 26.8 Å². The van der Waals surface area contributed by atoms with Crippen LogP contribution >= 0.6 is 0 Å². The number of amides is 1.